The maximum Gasteiger partial charge on any atom is 0.109 e. The second-order valence-corrected chi connectivity index (χ2v) is 8.68. The van der Waals surface area contributed by atoms with Gasteiger partial charge < -0.3 is 9.90 Å². The number of aliphatic carboxylic acids is 1. The molecule has 0 amide bonds. The summed E-state index contributed by atoms with van der Waals surface area (Å²) < 4.78 is 0.881. The molecule has 182 valence electrons. The SMILES string of the molecule is CCC(=O)[O-].CCCCCCCCCC[N+](CC)(CCCCCCCCCC)OC. The van der Waals surface area contributed by atoms with Gasteiger partial charge in [0.2, 0.25) is 0 Å². The van der Waals surface area contributed by atoms with Crippen LogP contribution in [0.4, 0.5) is 0 Å². The van der Waals surface area contributed by atoms with Crippen LogP contribution in [0.15, 0.2) is 0 Å². The molecule has 0 saturated carbocycles. The van der Waals surface area contributed by atoms with Gasteiger partial charge in [-0.25, -0.2) is 4.84 Å². The van der Waals surface area contributed by atoms with Crippen molar-refractivity contribution in [1.82, 2.24) is 0 Å². The number of hydrogen-bond donors (Lipinski definition) is 0. The highest BCUT2D eigenvalue weighted by atomic mass is 16.7. The molecule has 0 aliphatic heterocycles. The average molecular weight is 430 g/mol. The molecular formula is C26H55NO3. The quantitative estimate of drug-likeness (QED) is 0.114. The van der Waals surface area contributed by atoms with Gasteiger partial charge in [-0.1, -0.05) is 97.8 Å². The first-order valence-corrected chi connectivity index (χ1v) is 13.1. The zero-order valence-corrected chi connectivity index (χ0v) is 21.3. The normalized spacial score (nSPS) is 11.2. The Hall–Kier alpha value is -0.610. The summed E-state index contributed by atoms with van der Waals surface area (Å²) in [5.41, 5.74) is 0. The number of carboxylic acids is 1. The first-order valence-electron chi connectivity index (χ1n) is 13.1. The lowest BCUT2D eigenvalue weighted by Gasteiger charge is -2.33. The van der Waals surface area contributed by atoms with Gasteiger partial charge in [-0.2, -0.15) is 4.65 Å². The Morgan fingerprint density at radius 2 is 0.933 bits per heavy atom. The van der Waals surface area contributed by atoms with E-state index in [9.17, 15) is 9.90 Å². The molecule has 0 fully saturated rings. The Bertz CT molecular complexity index is 321. The van der Waals surface area contributed by atoms with Crippen molar-refractivity contribution in [2.24, 2.45) is 0 Å². The summed E-state index contributed by atoms with van der Waals surface area (Å²) in [4.78, 5) is 15.2. The highest BCUT2D eigenvalue weighted by molar-refractivity contribution is 5.63. The summed E-state index contributed by atoms with van der Waals surface area (Å²) in [5, 5.41) is 9.26. The van der Waals surface area contributed by atoms with Gasteiger partial charge in [0.25, 0.3) is 0 Å². The topological polar surface area (TPSA) is 49.4 Å². The second-order valence-electron chi connectivity index (χ2n) is 8.68. The van der Waals surface area contributed by atoms with Crippen molar-refractivity contribution in [3.05, 3.63) is 0 Å². The van der Waals surface area contributed by atoms with Crippen LogP contribution in [0, 0.1) is 0 Å². The summed E-state index contributed by atoms with van der Waals surface area (Å²) in [6.07, 6.45) is 22.5. The number of carbonyl (C=O) groups excluding carboxylic acids is 1. The van der Waals surface area contributed by atoms with Crippen LogP contribution in [0.1, 0.15) is 137 Å². The summed E-state index contributed by atoms with van der Waals surface area (Å²) in [6, 6.07) is 0. The molecule has 0 unspecified atom stereocenters. The number of unbranched alkanes of at least 4 members (excludes halogenated alkanes) is 14. The van der Waals surface area contributed by atoms with Crippen LogP contribution in [0.3, 0.4) is 0 Å². The van der Waals surface area contributed by atoms with Gasteiger partial charge in [-0.15, -0.1) is 0 Å². The maximum absolute atomic E-state index is 9.26. The fraction of sp³-hybridized carbons (Fsp3) is 0.962. The maximum atomic E-state index is 9.26. The Balaban J connectivity index is 0. The Kier molecular flexibility index (Phi) is 26.0. The van der Waals surface area contributed by atoms with Gasteiger partial charge in [-0.3, -0.25) is 0 Å². The van der Waals surface area contributed by atoms with Gasteiger partial charge >= 0.3 is 0 Å². The Labute approximate surface area is 189 Å². The summed E-state index contributed by atoms with van der Waals surface area (Å²) in [5.74, 6) is -0.995. The molecule has 0 aromatic heterocycles. The minimum Gasteiger partial charge on any atom is -0.550 e. The molecule has 0 saturated heterocycles. The van der Waals surface area contributed by atoms with Crippen molar-refractivity contribution < 1.29 is 19.4 Å². The molecule has 0 rings (SSSR count). The standard InChI is InChI=1S/C23H50NO.C3H6O2/c1-5-8-10-12-14-16-18-20-22-24(7-3,25-4)23-21-19-17-15-13-11-9-6-2;1-2-3(4)5/h5-23H2,1-4H3;2H2,1H3,(H,4,5)/q+1;/p-1. The first kappa shape index (κ1) is 31.6. The number of rotatable bonds is 21. The third-order valence-electron chi connectivity index (χ3n) is 6.09. The molecule has 0 aromatic rings. The van der Waals surface area contributed by atoms with Crippen molar-refractivity contribution in [2.45, 2.75) is 137 Å². The van der Waals surface area contributed by atoms with Crippen LogP contribution in [-0.4, -0.2) is 37.4 Å². The molecule has 0 spiro atoms. The lowest BCUT2D eigenvalue weighted by molar-refractivity contribution is -1.10. The molecule has 0 heterocycles. The predicted molar refractivity (Wildman–Crippen MR) is 128 cm³/mol. The van der Waals surface area contributed by atoms with Gasteiger partial charge in [0, 0.05) is 5.97 Å². The van der Waals surface area contributed by atoms with Crippen LogP contribution in [0.25, 0.3) is 0 Å². The van der Waals surface area contributed by atoms with Gasteiger partial charge in [0.05, 0.1) is 7.11 Å². The van der Waals surface area contributed by atoms with E-state index in [-0.39, 0.29) is 6.42 Å². The average Bonchev–Trinajstić information content (AvgIpc) is 2.76. The van der Waals surface area contributed by atoms with Crippen molar-refractivity contribution in [3.8, 4) is 0 Å². The molecule has 0 N–H and O–H groups in total. The van der Waals surface area contributed by atoms with E-state index < -0.39 is 5.97 Å². The van der Waals surface area contributed by atoms with Crippen LogP contribution in [0.5, 0.6) is 0 Å². The monoisotopic (exact) mass is 429 g/mol. The molecule has 0 aliphatic rings. The highest BCUT2D eigenvalue weighted by Gasteiger charge is 2.24. The van der Waals surface area contributed by atoms with E-state index in [0.29, 0.717) is 0 Å². The lowest BCUT2D eigenvalue weighted by atomic mass is 10.1. The van der Waals surface area contributed by atoms with Crippen LogP contribution in [0.2, 0.25) is 0 Å². The van der Waals surface area contributed by atoms with Gasteiger partial charge in [0.15, 0.2) is 0 Å². The van der Waals surface area contributed by atoms with Crippen LogP contribution < -0.4 is 5.11 Å². The Morgan fingerprint density at radius 1 is 0.633 bits per heavy atom. The molecule has 0 aliphatic carbocycles. The van der Waals surface area contributed by atoms with E-state index in [1.807, 2.05) is 7.11 Å². The van der Waals surface area contributed by atoms with E-state index in [1.165, 1.54) is 123 Å². The number of nitrogens with zero attached hydrogens (tertiary/aromatic N) is 1. The van der Waals surface area contributed by atoms with E-state index in [2.05, 4.69) is 20.8 Å². The fourth-order valence-electron chi connectivity index (χ4n) is 3.81. The van der Waals surface area contributed by atoms with Crippen molar-refractivity contribution in [2.75, 3.05) is 26.7 Å². The van der Waals surface area contributed by atoms with E-state index in [4.69, 9.17) is 4.84 Å². The van der Waals surface area contributed by atoms with E-state index in [1.54, 1.807) is 0 Å². The van der Waals surface area contributed by atoms with Crippen LogP contribution in [-0.2, 0) is 9.63 Å². The third kappa shape index (κ3) is 22.1. The number of hydrogen-bond acceptors (Lipinski definition) is 3. The first-order chi connectivity index (χ1) is 14.5. The molecule has 0 bridgehead atoms. The molecular weight excluding hydrogens is 374 g/mol. The highest BCUT2D eigenvalue weighted by Crippen LogP contribution is 2.16. The smallest absolute Gasteiger partial charge is 0.109 e. The molecule has 0 aromatic carbocycles. The largest absolute Gasteiger partial charge is 0.550 e. The predicted octanol–water partition coefficient (Wildman–Crippen LogP) is 6.81. The number of carboxylic acid groups (broad SMARTS) is 1. The van der Waals surface area contributed by atoms with E-state index >= 15 is 0 Å². The number of quaternary nitrogens is 1. The lowest BCUT2D eigenvalue weighted by Crippen LogP contribution is -2.48. The number of hydroxylamine groups is 3. The molecule has 0 atom stereocenters. The van der Waals surface area contributed by atoms with Crippen LogP contribution >= 0.6 is 0 Å². The summed E-state index contributed by atoms with van der Waals surface area (Å²) in [6.45, 7) is 11.9. The summed E-state index contributed by atoms with van der Waals surface area (Å²) >= 11 is 0. The minimum atomic E-state index is -0.995. The zero-order valence-electron chi connectivity index (χ0n) is 21.3. The molecule has 4 nitrogen and oxygen atoms in total. The van der Waals surface area contributed by atoms with Crippen molar-refractivity contribution in [1.29, 1.82) is 0 Å². The summed E-state index contributed by atoms with van der Waals surface area (Å²) in [7, 11) is 1.92. The third-order valence-corrected chi connectivity index (χ3v) is 6.09. The number of carbonyl (C=O) groups is 1. The second kappa shape index (κ2) is 24.7. The Morgan fingerprint density at radius 3 is 1.17 bits per heavy atom. The van der Waals surface area contributed by atoms with Crippen molar-refractivity contribution >= 4 is 5.97 Å². The molecule has 0 radical (unpaired) electrons. The zero-order chi connectivity index (χ0) is 22.9. The van der Waals surface area contributed by atoms with E-state index in [0.717, 1.165) is 11.2 Å². The molecule has 30 heavy (non-hydrogen) atoms. The van der Waals surface area contributed by atoms with Gasteiger partial charge in [0.1, 0.15) is 19.6 Å². The minimum absolute atomic E-state index is 0.111. The van der Waals surface area contributed by atoms with Gasteiger partial charge in [-0.05, 0) is 39.0 Å². The fourth-order valence-corrected chi connectivity index (χ4v) is 3.81. The van der Waals surface area contributed by atoms with Crippen molar-refractivity contribution in [3.63, 3.8) is 0 Å². The molecule has 4 heteroatoms.